The van der Waals surface area contributed by atoms with Gasteiger partial charge in [-0.15, -0.1) is 0 Å². The molecule has 0 unspecified atom stereocenters. The van der Waals surface area contributed by atoms with Crippen LogP contribution in [0.25, 0.3) is 0 Å². The Morgan fingerprint density at radius 2 is 1.76 bits per heavy atom. The lowest BCUT2D eigenvalue weighted by atomic mass is 10.1. The van der Waals surface area contributed by atoms with Crippen LogP contribution in [0.2, 0.25) is 0 Å². The molecular formula is C14H15F2NO4. The molecule has 0 radical (unpaired) electrons. The first-order valence-corrected chi connectivity index (χ1v) is 6.25. The molecule has 1 amide bonds. The van der Waals surface area contributed by atoms with Gasteiger partial charge in [0.15, 0.2) is 17.4 Å². The van der Waals surface area contributed by atoms with E-state index in [-0.39, 0.29) is 37.3 Å². The highest BCUT2D eigenvalue weighted by molar-refractivity contribution is 5.97. The van der Waals surface area contributed by atoms with Crippen molar-refractivity contribution in [1.29, 1.82) is 0 Å². The summed E-state index contributed by atoms with van der Waals surface area (Å²) in [6.45, 7) is 0.0491. The summed E-state index contributed by atoms with van der Waals surface area (Å²) in [7, 11) is 1.44. The van der Waals surface area contributed by atoms with Gasteiger partial charge < -0.3 is 10.0 Å². The van der Waals surface area contributed by atoms with Crippen molar-refractivity contribution in [2.75, 3.05) is 13.6 Å². The highest BCUT2D eigenvalue weighted by Crippen LogP contribution is 2.12. The van der Waals surface area contributed by atoms with Crippen molar-refractivity contribution < 1.29 is 28.3 Å². The van der Waals surface area contributed by atoms with Crippen molar-refractivity contribution in [3.8, 4) is 0 Å². The standard InChI is InChI=1S/C14H15F2NO4/c1-17(7-6-14(20)21)13(19)5-4-12(18)9-2-3-10(15)11(16)8-9/h2-3,8H,4-7H2,1H3,(H,20,21). The second-order valence-corrected chi connectivity index (χ2v) is 4.51. The SMILES string of the molecule is CN(CCC(=O)O)C(=O)CCC(=O)c1ccc(F)c(F)c1. The highest BCUT2D eigenvalue weighted by atomic mass is 19.2. The number of carboxylic acids is 1. The summed E-state index contributed by atoms with van der Waals surface area (Å²) < 4.78 is 25.7. The summed E-state index contributed by atoms with van der Waals surface area (Å²) in [4.78, 5) is 35.0. The van der Waals surface area contributed by atoms with Crippen LogP contribution in [0.3, 0.4) is 0 Å². The second-order valence-electron chi connectivity index (χ2n) is 4.51. The number of rotatable bonds is 7. The molecule has 1 rings (SSSR count). The lowest BCUT2D eigenvalue weighted by molar-refractivity contribution is -0.138. The zero-order valence-electron chi connectivity index (χ0n) is 11.4. The molecule has 0 saturated heterocycles. The number of nitrogens with zero attached hydrogens (tertiary/aromatic N) is 1. The highest BCUT2D eigenvalue weighted by Gasteiger charge is 2.14. The fraction of sp³-hybridized carbons (Fsp3) is 0.357. The molecule has 0 aliphatic carbocycles. The second kappa shape index (κ2) is 7.47. The van der Waals surface area contributed by atoms with Gasteiger partial charge >= 0.3 is 5.97 Å². The molecule has 21 heavy (non-hydrogen) atoms. The topological polar surface area (TPSA) is 74.7 Å². The van der Waals surface area contributed by atoms with Gasteiger partial charge in [-0.2, -0.15) is 0 Å². The Balaban J connectivity index is 2.50. The predicted molar refractivity (Wildman–Crippen MR) is 69.8 cm³/mol. The van der Waals surface area contributed by atoms with E-state index in [4.69, 9.17) is 5.11 Å². The molecule has 1 aromatic carbocycles. The number of carbonyl (C=O) groups excluding carboxylic acids is 2. The van der Waals surface area contributed by atoms with E-state index >= 15 is 0 Å². The fourth-order valence-electron chi connectivity index (χ4n) is 1.61. The third kappa shape index (κ3) is 5.29. The summed E-state index contributed by atoms with van der Waals surface area (Å²) in [5.41, 5.74) is -0.00473. The van der Waals surface area contributed by atoms with Crippen molar-refractivity contribution in [2.45, 2.75) is 19.3 Å². The molecule has 1 aromatic rings. The molecular weight excluding hydrogens is 284 g/mol. The third-order valence-corrected chi connectivity index (χ3v) is 2.89. The lowest BCUT2D eigenvalue weighted by Gasteiger charge is -2.15. The molecule has 0 aliphatic heterocycles. The molecule has 0 spiro atoms. The zero-order chi connectivity index (χ0) is 16.0. The molecule has 0 bridgehead atoms. The molecule has 7 heteroatoms. The maximum absolute atomic E-state index is 13.0. The minimum atomic E-state index is -1.12. The predicted octanol–water partition coefficient (Wildman–Crippen LogP) is 1.86. The fourth-order valence-corrected chi connectivity index (χ4v) is 1.61. The van der Waals surface area contributed by atoms with Crippen molar-refractivity contribution in [3.05, 3.63) is 35.4 Å². The number of hydrogen-bond donors (Lipinski definition) is 1. The van der Waals surface area contributed by atoms with Gasteiger partial charge in [0.25, 0.3) is 0 Å². The van der Waals surface area contributed by atoms with E-state index in [0.717, 1.165) is 18.2 Å². The van der Waals surface area contributed by atoms with Gasteiger partial charge in [-0.25, -0.2) is 8.78 Å². The van der Waals surface area contributed by atoms with Crippen molar-refractivity contribution >= 4 is 17.7 Å². The van der Waals surface area contributed by atoms with E-state index in [2.05, 4.69) is 0 Å². The third-order valence-electron chi connectivity index (χ3n) is 2.89. The summed E-state index contributed by atoms with van der Waals surface area (Å²) in [6.07, 6.45) is -0.450. The first kappa shape index (κ1) is 16.7. The molecule has 0 heterocycles. The number of amides is 1. The van der Waals surface area contributed by atoms with E-state index in [9.17, 15) is 23.2 Å². The van der Waals surface area contributed by atoms with Gasteiger partial charge in [0.05, 0.1) is 6.42 Å². The average molecular weight is 299 g/mol. The number of benzene rings is 1. The number of aliphatic carboxylic acids is 1. The van der Waals surface area contributed by atoms with E-state index in [1.165, 1.54) is 11.9 Å². The molecule has 0 aliphatic rings. The Morgan fingerprint density at radius 1 is 1.10 bits per heavy atom. The molecule has 1 N–H and O–H groups in total. The average Bonchev–Trinajstić information content (AvgIpc) is 2.44. The van der Waals surface area contributed by atoms with Gasteiger partial charge in [-0.05, 0) is 18.2 Å². The Kier molecular flexibility index (Phi) is 5.95. The first-order valence-electron chi connectivity index (χ1n) is 6.25. The van der Waals surface area contributed by atoms with E-state index in [0.29, 0.717) is 0 Å². The van der Waals surface area contributed by atoms with Crippen LogP contribution in [0.4, 0.5) is 8.78 Å². The number of carbonyl (C=O) groups is 3. The largest absolute Gasteiger partial charge is 0.481 e. The summed E-state index contributed by atoms with van der Waals surface area (Å²) in [6, 6.07) is 2.79. The van der Waals surface area contributed by atoms with Crippen LogP contribution in [0, 0.1) is 11.6 Å². The number of hydrogen-bond acceptors (Lipinski definition) is 3. The number of Topliss-reactive ketones (excluding diaryl/α,β-unsaturated/α-hetero) is 1. The van der Waals surface area contributed by atoms with Gasteiger partial charge in [0, 0.05) is 32.0 Å². The summed E-state index contributed by atoms with van der Waals surface area (Å²) in [5.74, 6) is -4.05. The minimum absolute atomic E-state index is 0.00473. The van der Waals surface area contributed by atoms with E-state index in [1.54, 1.807) is 0 Å². The Morgan fingerprint density at radius 3 is 2.33 bits per heavy atom. The summed E-state index contributed by atoms with van der Waals surface area (Å²) in [5, 5.41) is 8.50. The van der Waals surface area contributed by atoms with Gasteiger partial charge in [0.2, 0.25) is 5.91 Å². The van der Waals surface area contributed by atoms with Crippen LogP contribution in [-0.4, -0.2) is 41.3 Å². The molecule has 5 nitrogen and oxygen atoms in total. The van der Waals surface area contributed by atoms with Crippen LogP contribution < -0.4 is 0 Å². The zero-order valence-corrected chi connectivity index (χ0v) is 11.4. The van der Waals surface area contributed by atoms with E-state index in [1.807, 2.05) is 0 Å². The lowest BCUT2D eigenvalue weighted by Crippen LogP contribution is -2.29. The number of halogens is 2. The molecule has 0 saturated carbocycles. The monoisotopic (exact) mass is 299 g/mol. The maximum atomic E-state index is 13.0. The first-order chi connectivity index (χ1) is 9.81. The van der Waals surface area contributed by atoms with Crippen LogP contribution in [0.1, 0.15) is 29.6 Å². The quantitative estimate of drug-likeness (QED) is 0.780. The Bertz CT molecular complexity index is 560. The van der Waals surface area contributed by atoms with Crippen LogP contribution in [0.5, 0.6) is 0 Å². The Labute approximate surface area is 120 Å². The molecule has 0 aromatic heterocycles. The number of carboxylic acid groups (broad SMARTS) is 1. The van der Waals surface area contributed by atoms with Crippen molar-refractivity contribution in [1.82, 2.24) is 4.90 Å². The van der Waals surface area contributed by atoms with E-state index < -0.39 is 23.4 Å². The van der Waals surface area contributed by atoms with Crippen molar-refractivity contribution in [3.63, 3.8) is 0 Å². The Hall–Kier alpha value is -2.31. The maximum Gasteiger partial charge on any atom is 0.305 e. The number of ketones is 1. The van der Waals surface area contributed by atoms with Gasteiger partial charge in [-0.3, -0.25) is 14.4 Å². The van der Waals surface area contributed by atoms with Gasteiger partial charge in [0.1, 0.15) is 0 Å². The smallest absolute Gasteiger partial charge is 0.305 e. The minimum Gasteiger partial charge on any atom is -0.481 e. The molecule has 0 atom stereocenters. The molecule has 114 valence electrons. The van der Waals surface area contributed by atoms with Gasteiger partial charge in [-0.1, -0.05) is 0 Å². The molecule has 0 fully saturated rings. The van der Waals surface area contributed by atoms with Crippen molar-refractivity contribution in [2.24, 2.45) is 0 Å². The normalized spacial score (nSPS) is 10.2. The summed E-state index contributed by atoms with van der Waals surface area (Å²) >= 11 is 0. The van der Waals surface area contributed by atoms with Crippen LogP contribution >= 0.6 is 0 Å². The van der Waals surface area contributed by atoms with Crippen LogP contribution in [0.15, 0.2) is 18.2 Å². The van der Waals surface area contributed by atoms with Crippen LogP contribution in [-0.2, 0) is 9.59 Å².